The van der Waals surface area contributed by atoms with Crippen LogP contribution in [0.2, 0.25) is 0 Å². The van der Waals surface area contributed by atoms with Gasteiger partial charge in [-0.05, 0) is 31.2 Å². The fraction of sp³-hybridized carbons (Fsp3) is 0.625. The van der Waals surface area contributed by atoms with E-state index in [9.17, 15) is 18.3 Å². The van der Waals surface area contributed by atoms with Gasteiger partial charge in [-0.15, -0.1) is 13.2 Å². The summed E-state index contributed by atoms with van der Waals surface area (Å²) in [5.41, 5.74) is 1.24. The van der Waals surface area contributed by atoms with Crippen LogP contribution in [0.1, 0.15) is 12.0 Å². The molecular weight excluding hydrogens is 309 g/mol. The second kappa shape index (κ2) is 5.96. The molecule has 1 atom stereocenters. The van der Waals surface area contributed by atoms with Gasteiger partial charge in [0.15, 0.2) is 0 Å². The standard InChI is InChI=1S/C16H21F3N2O2/c1-20-9-15(6-13(20)8-22)10-21(11-15)7-12-2-4-14(5-3-12)23-16(17,18)19/h2-5,13,22H,6-11H2,1H3. The Labute approximate surface area is 133 Å². The van der Waals surface area contributed by atoms with Gasteiger partial charge in [-0.2, -0.15) is 0 Å². The van der Waals surface area contributed by atoms with Crippen LogP contribution in [0.5, 0.6) is 5.75 Å². The zero-order chi connectivity index (χ0) is 16.7. The lowest BCUT2D eigenvalue weighted by Crippen LogP contribution is -2.56. The molecule has 0 amide bonds. The van der Waals surface area contributed by atoms with E-state index in [1.165, 1.54) is 12.1 Å². The van der Waals surface area contributed by atoms with Gasteiger partial charge in [-0.25, -0.2) is 0 Å². The molecule has 7 heteroatoms. The number of benzene rings is 1. The molecule has 128 valence electrons. The normalized spacial score (nSPS) is 24.8. The summed E-state index contributed by atoms with van der Waals surface area (Å²) in [7, 11) is 2.04. The molecule has 2 aliphatic rings. The topological polar surface area (TPSA) is 35.9 Å². The number of rotatable bonds is 4. The Kier molecular flexibility index (Phi) is 4.29. The van der Waals surface area contributed by atoms with E-state index in [2.05, 4.69) is 14.5 Å². The molecule has 23 heavy (non-hydrogen) atoms. The van der Waals surface area contributed by atoms with Crippen molar-refractivity contribution in [1.29, 1.82) is 0 Å². The van der Waals surface area contributed by atoms with Gasteiger partial charge in [0.2, 0.25) is 0 Å². The summed E-state index contributed by atoms with van der Waals surface area (Å²) < 4.78 is 40.2. The highest BCUT2D eigenvalue weighted by Gasteiger charge is 2.49. The Hall–Kier alpha value is -1.31. The third kappa shape index (κ3) is 3.79. The van der Waals surface area contributed by atoms with E-state index in [1.807, 2.05) is 7.05 Å². The maximum Gasteiger partial charge on any atom is 0.573 e. The largest absolute Gasteiger partial charge is 0.573 e. The Morgan fingerprint density at radius 3 is 2.39 bits per heavy atom. The number of alkyl halides is 3. The zero-order valence-electron chi connectivity index (χ0n) is 13.0. The minimum atomic E-state index is -4.65. The van der Waals surface area contributed by atoms with Gasteiger partial charge in [0.25, 0.3) is 0 Å². The number of hydrogen-bond acceptors (Lipinski definition) is 4. The van der Waals surface area contributed by atoms with Crippen LogP contribution < -0.4 is 4.74 Å². The molecule has 3 rings (SSSR count). The average Bonchev–Trinajstić information content (AvgIpc) is 2.76. The summed E-state index contributed by atoms with van der Waals surface area (Å²) >= 11 is 0. The lowest BCUT2D eigenvalue weighted by Gasteiger charge is -2.48. The Bertz CT molecular complexity index is 541. The first-order valence-electron chi connectivity index (χ1n) is 7.67. The Balaban J connectivity index is 1.51. The Morgan fingerprint density at radius 1 is 1.22 bits per heavy atom. The first-order valence-corrected chi connectivity index (χ1v) is 7.67. The van der Waals surface area contributed by atoms with Crippen LogP contribution in [0.3, 0.4) is 0 Å². The van der Waals surface area contributed by atoms with Crippen molar-refractivity contribution >= 4 is 0 Å². The van der Waals surface area contributed by atoms with Gasteiger partial charge in [-0.3, -0.25) is 4.90 Å². The van der Waals surface area contributed by atoms with Gasteiger partial charge >= 0.3 is 6.36 Å². The lowest BCUT2D eigenvalue weighted by molar-refractivity contribution is -0.274. The first kappa shape index (κ1) is 16.5. The molecular formula is C16H21F3N2O2. The predicted molar refractivity (Wildman–Crippen MR) is 79.0 cm³/mol. The van der Waals surface area contributed by atoms with E-state index in [0.29, 0.717) is 0 Å². The van der Waals surface area contributed by atoms with Crippen molar-refractivity contribution in [2.75, 3.05) is 33.3 Å². The van der Waals surface area contributed by atoms with Crippen molar-refractivity contribution in [3.63, 3.8) is 0 Å². The number of halogens is 3. The smallest absolute Gasteiger partial charge is 0.406 e. The van der Waals surface area contributed by atoms with Gasteiger partial charge in [0, 0.05) is 37.6 Å². The van der Waals surface area contributed by atoms with E-state index in [1.54, 1.807) is 12.1 Å². The third-order valence-electron chi connectivity index (χ3n) is 4.77. The molecule has 0 aromatic heterocycles. The maximum atomic E-state index is 12.1. The van der Waals surface area contributed by atoms with Gasteiger partial charge < -0.3 is 14.7 Å². The van der Waals surface area contributed by atoms with Gasteiger partial charge in [-0.1, -0.05) is 12.1 Å². The number of likely N-dealkylation sites (N-methyl/N-ethyl adjacent to an activating group) is 1. The monoisotopic (exact) mass is 330 g/mol. The molecule has 1 unspecified atom stereocenters. The van der Waals surface area contributed by atoms with Crippen LogP contribution in [-0.4, -0.2) is 60.6 Å². The molecule has 1 aromatic carbocycles. The summed E-state index contributed by atoms with van der Waals surface area (Å²) in [5, 5.41) is 9.35. The highest BCUT2D eigenvalue weighted by atomic mass is 19.4. The van der Waals surface area contributed by atoms with Crippen LogP contribution in [0.15, 0.2) is 24.3 Å². The van der Waals surface area contributed by atoms with Gasteiger partial charge in [0.1, 0.15) is 5.75 Å². The average molecular weight is 330 g/mol. The van der Waals surface area contributed by atoms with E-state index < -0.39 is 6.36 Å². The van der Waals surface area contributed by atoms with E-state index >= 15 is 0 Å². The predicted octanol–water partition coefficient (Wildman–Crippen LogP) is 2.08. The lowest BCUT2D eigenvalue weighted by atomic mass is 9.77. The fourth-order valence-electron chi connectivity index (χ4n) is 3.88. The van der Waals surface area contributed by atoms with Crippen molar-refractivity contribution in [2.24, 2.45) is 5.41 Å². The van der Waals surface area contributed by atoms with Crippen molar-refractivity contribution < 1.29 is 23.0 Å². The van der Waals surface area contributed by atoms with Crippen LogP contribution in [0.25, 0.3) is 0 Å². The minimum absolute atomic E-state index is 0.190. The number of nitrogens with zero attached hydrogens (tertiary/aromatic N) is 2. The van der Waals surface area contributed by atoms with Crippen molar-refractivity contribution in [1.82, 2.24) is 9.80 Å². The second-order valence-corrected chi connectivity index (χ2v) is 6.79. The summed E-state index contributed by atoms with van der Waals surface area (Å²) in [5.74, 6) is -0.190. The minimum Gasteiger partial charge on any atom is -0.406 e. The molecule has 0 saturated carbocycles. The maximum absolute atomic E-state index is 12.1. The molecule has 1 spiro atoms. The number of aliphatic hydroxyl groups excluding tert-OH is 1. The fourth-order valence-corrected chi connectivity index (χ4v) is 3.88. The summed E-state index contributed by atoms with van der Waals surface area (Å²) in [4.78, 5) is 4.49. The molecule has 4 nitrogen and oxygen atoms in total. The van der Waals surface area contributed by atoms with Gasteiger partial charge in [0.05, 0.1) is 6.61 Å². The van der Waals surface area contributed by atoms with Crippen molar-refractivity contribution in [2.45, 2.75) is 25.4 Å². The summed E-state index contributed by atoms with van der Waals surface area (Å²) in [6.45, 7) is 3.84. The summed E-state index contributed by atoms with van der Waals surface area (Å²) in [6, 6.07) is 6.29. The first-order chi connectivity index (χ1) is 10.8. The number of ether oxygens (including phenoxy) is 1. The SMILES string of the molecule is CN1CC2(CC1CO)CN(Cc1ccc(OC(F)(F)F)cc1)C2. The van der Waals surface area contributed by atoms with E-state index in [4.69, 9.17) is 0 Å². The number of aliphatic hydroxyl groups is 1. The molecule has 2 heterocycles. The number of hydrogen-bond donors (Lipinski definition) is 1. The molecule has 1 aromatic rings. The second-order valence-electron chi connectivity index (χ2n) is 6.79. The van der Waals surface area contributed by atoms with Crippen molar-refractivity contribution in [3.8, 4) is 5.75 Å². The zero-order valence-corrected chi connectivity index (χ0v) is 13.0. The molecule has 0 radical (unpaired) electrons. The highest BCUT2D eigenvalue weighted by molar-refractivity contribution is 5.27. The highest BCUT2D eigenvalue weighted by Crippen LogP contribution is 2.42. The molecule has 1 N–H and O–H groups in total. The Morgan fingerprint density at radius 2 is 1.87 bits per heavy atom. The van der Waals surface area contributed by atoms with Crippen LogP contribution >= 0.6 is 0 Å². The van der Waals surface area contributed by atoms with Crippen LogP contribution in [-0.2, 0) is 6.54 Å². The van der Waals surface area contributed by atoms with E-state index in [0.717, 1.165) is 38.2 Å². The molecule has 2 fully saturated rings. The summed E-state index contributed by atoms with van der Waals surface area (Å²) in [6.07, 6.45) is -3.64. The van der Waals surface area contributed by atoms with E-state index in [-0.39, 0.29) is 23.8 Å². The van der Waals surface area contributed by atoms with Crippen LogP contribution in [0.4, 0.5) is 13.2 Å². The molecule has 0 aliphatic carbocycles. The molecule has 2 aliphatic heterocycles. The third-order valence-corrected chi connectivity index (χ3v) is 4.77. The molecule has 0 bridgehead atoms. The quantitative estimate of drug-likeness (QED) is 0.917. The number of likely N-dealkylation sites (tertiary alicyclic amines) is 2. The van der Waals surface area contributed by atoms with Crippen molar-refractivity contribution in [3.05, 3.63) is 29.8 Å². The molecule has 2 saturated heterocycles. The van der Waals surface area contributed by atoms with Crippen LogP contribution in [0, 0.1) is 5.41 Å².